The predicted molar refractivity (Wildman–Crippen MR) is 83.8 cm³/mol. The van der Waals surface area contributed by atoms with Crippen LogP contribution in [0.1, 0.15) is 15.9 Å². The fourth-order valence-corrected chi connectivity index (χ4v) is 2.59. The number of carbonyl (C=O) groups is 1. The van der Waals surface area contributed by atoms with Crippen molar-refractivity contribution in [2.45, 2.75) is 0 Å². The van der Waals surface area contributed by atoms with Crippen molar-refractivity contribution in [1.82, 2.24) is 4.57 Å². The molecule has 3 rings (SSSR count). The summed E-state index contributed by atoms with van der Waals surface area (Å²) >= 11 is 0. The smallest absolute Gasteiger partial charge is 0.195 e. The molecule has 0 fully saturated rings. The standard InChI is InChI=1S/C17H16N2O2/c1-19-10-13(16-14(19)7-4-8-15(16)21-2)17(20)11-5-3-6-12(18)9-11/h3-10H,18H2,1-2H3. The van der Waals surface area contributed by atoms with Gasteiger partial charge in [0.05, 0.1) is 23.6 Å². The molecule has 4 heteroatoms. The van der Waals surface area contributed by atoms with E-state index in [1.54, 1.807) is 31.4 Å². The number of methoxy groups -OCH3 is 1. The highest BCUT2D eigenvalue weighted by molar-refractivity contribution is 6.18. The molecule has 1 aromatic heterocycles. The largest absolute Gasteiger partial charge is 0.496 e. The van der Waals surface area contributed by atoms with E-state index in [-0.39, 0.29) is 5.78 Å². The summed E-state index contributed by atoms with van der Waals surface area (Å²) in [5.74, 6) is 0.637. The fourth-order valence-electron chi connectivity index (χ4n) is 2.59. The Morgan fingerprint density at radius 2 is 1.95 bits per heavy atom. The topological polar surface area (TPSA) is 57.2 Å². The van der Waals surface area contributed by atoms with Crippen LogP contribution in [-0.2, 0) is 7.05 Å². The molecule has 0 aliphatic carbocycles. The second-order valence-corrected chi connectivity index (χ2v) is 4.96. The predicted octanol–water partition coefficient (Wildman–Crippen LogP) is 3.00. The van der Waals surface area contributed by atoms with Gasteiger partial charge in [0.2, 0.25) is 0 Å². The number of carbonyl (C=O) groups excluding carboxylic acids is 1. The summed E-state index contributed by atoms with van der Waals surface area (Å²) in [6.07, 6.45) is 1.83. The van der Waals surface area contributed by atoms with Crippen molar-refractivity contribution in [1.29, 1.82) is 0 Å². The molecule has 0 amide bonds. The van der Waals surface area contributed by atoms with Gasteiger partial charge in [-0.25, -0.2) is 0 Å². The average molecular weight is 280 g/mol. The lowest BCUT2D eigenvalue weighted by molar-refractivity contribution is 0.104. The van der Waals surface area contributed by atoms with E-state index in [1.165, 1.54) is 0 Å². The average Bonchev–Trinajstić information content (AvgIpc) is 2.84. The maximum Gasteiger partial charge on any atom is 0.195 e. The van der Waals surface area contributed by atoms with E-state index in [9.17, 15) is 4.79 Å². The van der Waals surface area contributed by atoms with Gasteiger partial charge in [0.1, 0.15) is 5.75 Å². The third-order valence-electron chi connectivity index (χ3n) is 3.59. The lowest BCUT2D eigenvalue weighted by Crippen LogP contribution is -2.02. The molecule has 0 radical (unpaired) electrons. The second kappa shape index (κ2) is 4.98. The van der Waals surface area contributed by atoms with Crippen molar-refractivity contribution in [2.24, 2.45) is 7.05 Å². The first-order valence-electron chi connectivity index (χ1n) is 6.64. The van der Waals surface area contributed by atoms with Crippen molar-refractivity contribution >= 4 is 22.4 Å². The molecule has 3 aromatic rings. The molecule has 2 N–H and O–H groups in total. The summed E-state index contributed by atoms with van der Waals surface area (Å²) in [5, 5.41) is 0.829. The SMILES string of the molecule is COc1cccc2c1c(C(=O)c1cccc(N)c1)cn2C. The number of nitrogen functional groups attached to an aromatic ring is 1. The van der Waals surface area contributed by atoms with E-state index in [2.05, 4.69) is 0 Å². The number of ketones is 1. The zero-order valence-electron chi connectivity index (χ0n) is 12.0. The number of hydrogen-bond donors (Lipinski definition) is 1. The number of rotatable bonds is 3. The first kappa shape index (κ1) is 13.2. The van der Waals surface area contributed by atoms with Gasteiger partial charge >= 0.3 is 0 Å². The van der Waals surface area contributed by atoms with Crippen LogP contribution in [0.5, 0.6) is 5.75 Å². The minimum Gasteiger partial charge on any atom is -0.496 e. The maximum atomic E-state index is 12.8. The monoisotopic (exact) mass is 280 g/mol. The number of aryl methyl sites for hydroxylation is 1. The van der Waals surface area contributed by atoms with Crippen molar-refractivity contribution in [3.8, 4) is 5.75 Å². The number of aromatic nitrogens is 1. The van der Waals surface area contributed by atoms with E-state index >= 15 is 0 Å². The van der Waals surface area contributed by atoms with Crippen LogP contribution < -0.4 is 10.5 Å². The molecule has 1 heterocycles. The molecule has 0 aliphatic rings. The van der Waals surface area contributed by atoms with Crippen LogP contribution >= 0.6 is 0 Å². The van der Waals surface area contributed by atoms with Crippen molar-refractivity contribution in [3.05, 3.63) is 59.8 Å². The normalized spacial score (nSPS) is 10.8. The number of fused-ring (bicyclic) bond motifs is 1. The molecular formula is C17H16N2O2. The second-order valence-electron chi connectivity index (χ2n) is 4.96. The first-order valence-corrected chi connectivity index (χ1v) is 6.64. The van der Waals surface area contributed by atoms with Crippen LogP contribution in [-0.4, -0.2) is 17.5 Å². The molecule has 0 bridgehead atoms. The van der Waals surface area contributed by atoms with E-state index in [1.807, 2.05) is 36.0 Å². The molecule has 0 atom stereocenters. The molecule has 0 aliphatic heterocycles. The van der Waals surface area contributed by atoms with Gasteiger partial charge in [0.15, 0.2) is 5.78 Å². The summed E-state index contributed by atoms with van der Waals surface area (Å²) in [7, 11) is 3.52. The van der Waals surface area contributed by atoms with Gasteiger partial charge in [-0.15, -0.1) is 0 Å². The lowest BCUT2D eigenvalue weighted by Gasteiger charge is -2.05. The quantitative estimate of drug-likeness (QED) is 0.592. The van der Waals surface area contributed by atoms with Crippen LogP contribution in [0.2, 0.25) is 0 Å². The van der Waals surface area contributed by atoms with Gasteiger partial charge in [-0.1, -0.05) is 18.2 Å². The highest BCUT2D eigenvalue weighted by Gasteiger charge is 2.18. The third kappa shape index (κ3) is 2.14. The molecule has 106 valence electrons. The molecular weight excluding hydrogens is 264 g/mol. The van der Waals surface area contributed by atoms with Crippen LogP contribution in [0.25, 0.3) is 10.9 Å². The Morgan fingerprint density at radius 3 is 2.67 bits per heavy atom. The van der Waals surface area contributed by atoms with Gasteiger partial charge in [0, 0.05) is 24.5 Å². The number of nitrogens with two attached hydrogens (primary N) is 1. The Balaban J connectivity index is 2.23. The van der Waals surface area contributed by atoms with Gasteiger partial charge in [-0.2, -0.15) is 0 Å². The Kier molecular flexibility index (Phi) is 3.14. The minimum atomic E-state index is -0.0580. The summed E-state index contributed by atoms with van der Waals surface area (Å²) in [4.78, 5) is 12.8. The number of benzene rings is 2. The molecule has 0 saturated carbocycles. The number of anilines is 1. The Hall–Kier alpha value is -2.75. The number of nitrogens with zero attached hydrogens (tertiary/aromatic N) is 1. The molecule has 0 saturated heterocycles. The maximum absolute atomic E-state index is 12.8. The van der Waals surface area contributed by atoms with Crippen LogP contribution in [0.15, 0.2) is 48.7 Å². The molecule has 0 spiro atoms. The van der Waals surface area contributed by atoms with E-state index in [0.717, 1.165) is 10.9 Å². The highest BCUT2D eigenvalue weighted by Crippen LogP contribution is 2.31. The van der Waals surface area contributed by atoms with Crippen LogP contribution in [0.3, 0.4) is 0 Å². The van der Waals surface area contributed by atoms with Gasteiger partial charge in [-0.05, 0) is 24.3 Å². The Morgan fingerprint density at radius 1 is 1.19 bits per heavy atom. The van der Waals surface area contributed by atoms with Gasteiger partial charge < -0.3 is 15.0 Å². The van der Waals surface area contributed by atoms with Crippen LogP contribution in [0, 0.1) is 0 Å². The van der Waals surface area contributed by atoms with E-state index in [0.29, 0.717) is 22.6 Å². The third-order valence-corrected chi connectivity index (χ3v) is 3.59. The van der Waals surface area contributed by atoms with Gasteiger partial charge in [0.25, 0.3) is 0 Å². The zero-order valence-corrected chi connectivity index (χ0v) is 12.0. The van der Waals surface area contributed by atoms with E-state index < -0.39 is 0 Å². The Labute approximate surface area is 122 Å². The Bertz CT molecular complexity index is 834. The summed E-state index contributed by atoms with van der Waals surface area (Å²) in [6.45, 7) is 0. The van der Waals surface area contributed by atoms with Gasteiger partial charge in [-0.3, -0.25) is 4.79 Å². The van der Waals surface area contributed by atoms with E-state index in [4.69, 9.17) is 10.5 Å². The number of hydrogen-bond acceptors (Lipinski definition) is 3. The summed E-state index contributed by atoms with van der Waals surface area (Å²) in [6, 6.07) is 12.7. The first-order chi connectivity index (χ1) is 10.1. The van der Waals surface area contributed by atoms with Crippen molar-refractivity contribution in [2.75, 3.05) is 12.8 Å². The summed E-state index contributed by atoms with van der Waals surface area (Å²) < 4.78 is 7.33. The minimum absolute atomic E-state index is 0.0580. The highest BCUT2D eigenvalue weighted by atomic mass is 16.5. The van der Waals surface area contributed by atoms with Crippen molar-refractivity contribution in [3.63, 3.8) is 0 Å². The molecule has 4 nitrogen and oxygen atoms in total. The fraction of sp³-hybridized carbons (Fsp3) is 0.118. The number of ether oxygens (including phenoxy) is 1. The van der Waals surface area contributed by atoms with Crippen molar-refractivity contribution < 1.29 is 9.53 Å². The molecule has 0 unspecified atom stereocenters. The molecule has 2 aromatic carbocycles. The summed E-state index contributed by atoms with van der Waals surface area (Å²) in [5.41, 5.74) is 8.50. The zero-order chi connectivity index (χ0) is 15.0. The molecule has 21 heavy (non-hydrogen) atoms. The lowest BCUT2D eigenvalue weighted by atomic mass is 10.0. The van der Waals surface area contributed by atoms with Crippen LogP contribution in [0.4, 0.5) is 5.69 Å².